The van der Waals surface area contributed by atoms with Crippen LogP contribution in [-0.2, 0) is 4.74 Å². The average Bonchev–Trinajstić information content (AvgIpc) is 3.40. The van der Waals surface area contributed by atoms with Gasteiger partial charge >= 0.3 is 5.97 Å². The summed E-state index contributed by atoms with van der Waals surface area (Å²) in [5.74, 6) is -0.406. The Bertz CT molecular complexity index is 932. The van der Waals surface area contributed by atoms with Crippen molar-refractivity contribution in [3.8, 4) is 22.5 Å². The van der Waals surface area contributed by atoms with E-state index < -0.39 is 5.97 Å². The van der Waals surface area contributed by atoms with Crippen molar-refractivity contribution in [2.24, 2.45) is 0 Å². The Morgan fingerprint density at radius 2 is 2.04 bits per heavy atom. The van der Waals surface area contributed by atoms with Crippen LogP contribution < -0.4 is 0 Å². The van der Waals surface area contributed by atoms with Crippen molar-refractivity contribution < 1.29 is 9.53 Å². The first-order chi connectivity index (χ1) is 12.8. The Labute approximate surface area is 151 Å². The van der Waals surface area contributed by atoms with Crippen LogP contribution in [0, 0.1) is 0 Å². The van der Waals surface area contributed by atoms with Crippen molar-refractivity contribution in [2.45, 2.75) is 25.8 Å². The molecule has 0 saturated carbocycles. The number of nitrogens with one attached hydrogen (secondary N) is 1. The summed E-state index contributed by atoms with van der Waals surface area (Å²) in [6.07, 6.45) is 9.79. The van der Waals surface area contributed by atoms with Crippen LogP contribution in [0.2, 0.25) is 0 Å². The summed E-state index contributed by atoms with van der Waals surface area (Å²) in [5, 5.41) is 6.90. The van der Waals surface area contributed by atoms with Gasteiger partial charge < -0.3 is 9.30 Å². The smallest absolute Gasteiger partial charge is 0.357 e. The molecule has 1 aromatic carbocycles. The Morgan fingerprint density at radius 1 is 1.27 bits per heavy atom. The Balaban J connectivity index is 1.87. The monoisotopic (exact) mass is 348 g/mol. The molecule has 0 amide bonds. The molecule has 0 fully saturated rings. The van der Waals surface area contributed by atoms with Gasteiger partial charge in [-0.3, -0.25) is 5.10 Å². The van der Waals surface area contributed by atoms with Crippen LogP contribution in [0.4, 0.5) is 0 Å². The quantitative estimate of drug-likeness (QED) is 0.558. The number of nitrogens with zero attached hydrogens (tertiary/aromatic N) is 3. The lowest BCUT2D eigenvalue weighted by molar-refractivity contribution is 0.0520. The van der Waals surface area contributed by atoms with Crippen LogP contribution in [0.25, 0.3) is 22.5 Å². The largest absolute Gasteiger partial charge is 0.461 e. The van der Waals surface area contributed by atoms with Gasteiger partial charge in [-0.2, -0.15) is 5.10 Å². The minimum absolute atomic E-state index is 0.292. The van der Waals surface area contributed by atoms with Crippen LogP contribution in [0.5, 0.6) is 0 Å². The molecule has 1 N–H and O–H groups in total. The third kappa shape index (κ3) is 2.83. The Hall–Kier alpha value is -3.15. The van der Waals surface area contributed by atoms with Gasteiger partial charge in [0, 0.05) is 11.6 Å². The number of ether oxygens (including phenoxy) is 1. The lowest BCUT2D eigenvalue weighted by Gasteiger charge is -2.16. The van der Waals surface area contributed by atoms with Crippen LogP contribution in [0.1, 0.15) is 36.3 Å². The predicted molar refractivity (Wildman–Crippen MR) is 98.6 cm³/mol. The van der Waals surface area contributed by atoms with Gasteiger partial charge in [0.25, 0.3) is 0 Å². The molecule has 0 radical (unpaired) electrons. The summed E-state index contributed by atoms with van der Waals surface area (Å²) in [5.41, 5.74) is 3.80. The van der Waals surface area contributed by atoms with E-state index in [1.807, 2.05) is 36.7 Å². The van der Waals surface area contributed by atoms with Gasteiger partial charge in [0.2, 0.25) is 0 Å². The standard InChI is InChI=1S/C20H20N4O2/c1-2-26-20(25)18-16(12-22-23-18)19-17(14-8-4-3-5-9-14)21-13-24(19)15-10-6-7-11-15/h3-9,12-13,15H,2,10-11H2,1H3,(H,22,23). The maximum Gasteiger partial charge on any atom is 0.357 e. The first-order valence-corrected chi connectivity index (χ1v) is 8.77. The molecule has 0 spiro atoms. The molecule has 26 heavy (non-hydrogen) atoms. The molecule has 0 unspecified atom stereocenters. The number of hydrogen-bond donors (Lipinski definition) is 1. The number of rotatable bonds is 5. The minimum atomic E-state index is -0.406. The van der Waals surface area contributed by atoms with Gasteiger partial charge in [-0.25, -0.2) is 9.78 Å². The highest BCUT2D eigenvalue weighted by molar-refractivity contribution is 5.96. The molecule has 1 aliphatic carbocycles. The van der Waals surface area contributed by atoms with Crippen LogP contribution in [-0.4, -0.2) is 32.3 Å². The first kappa shape index (κ1) is 16.3. The molecule has 6 heteroatoms. The normalized spacial score (nSPS) is 14.0. The van der Waals surface area contributed by atoms with Gasteiger partial charge in [0.15, 0.2) is 5.69 Å². The molecule has 1 aliphatic rings. The molecule has 0 atom stereocenters. The number of hydrogen-bond acceptors (Lipinski definition) is 4. The summed E-state index contributed by atoms with van der Waals surface area (Å²) < 4.78 is 7.33. The summed E-state index contributed by atoms with van der Waals surface area (Å²) >= 11 is 0. The van der Waals surface area contributed by atoms with E-state index in [9.17, 15) is 4.79 Å². The topological polar surface area (TPSA) is 72.8 Å². The molecule has 0 aliphatic heterocycles. The summed E-state index contributed by atoms with van der Waals surface area (Å²) in [4.78, 5) is 17.0. The second-order valence-electron chi connectivity index (χ2n) is 6.19. The third-order valence-corrected chi connectivity index (χ3v) is 4.59. The lowest BCUT2D eigenvalue weighted by Crippen LogP contribution is -2.10. The Morgan fingerprint density at radius 3 is 2.77 bits per heavy atom. The Kier molecular flexibility index (Phi) is 4.39. The second kappa shape index (κ2) is 7.00. The number of allylic oxidation sites excluding steroid dienone is 2. The van der Waals surface area contributed by atoms with E-state index >= 15 is 0 Å². The molecule has 4 rings (SSSR count). The summed E-state index contributed by atoms with van der Waals surface area (Å²) in [6.45, 7) is 2.10. The fourth-order valence-electron chi connectivity index (χ4n) is 3.37. The number of aromatic nitrogens is 4. The lowest BCUT2D eigenvalue weighted by atomic mass is 10.0. The van der Waals surface area contributed by atoms with Crippen molar-refractivity contribution in [2.75, 3.05) is 6.61 Å². The number of benzene rings is 1. The van der Waals surface area contributed by atoms with Crippen molar-refractivity contribution in [3.05, 3.63) is 60.7 Å². The average molecular weight is 348 g/mol. The van der Waals surface area contributed by atoms with E-state index in [1.165, 1.54) is 0 Å². The molecule has 3 aromatic rings. The van der Waals surface area contributed by atoms with Gasteiger partial charge in [-0.1, -0.05) is 42.5 Å². The fourth-order valence-corrected chi connectivity index (χ4v) is 3.37. The van der Waals surface area contributed by atoms with Crippen molar-refractivity contribution in [1.82, 2.24) is 19.7 Å². The van der Waals surface area contributed by atoms with E-state index in [-0.39, 0.29) is 0 Å². The van der Waals surface area contributed by atoms with Gasteiger partial charge in [-0.05, 0) is 19.8 Å². The number of esters is 1. The highest BCUT2D eigenvalue weighted by Gasteiger charge is 2.26. The molecule has 0 saturated heterocycles. The number of carbonyl (C=O) groups is 1. The first-order valence-electron chi connectivity index (χ1n) is 8.77. The molecule has 0 bridgehead atoms. The summed E-state index contributed by atoms with van der Waals surface area (Å²) in [7, 11) is 0. The number of imidazole rings is 1. The number of aromatic amines is 1. The van der Waals surface area contributed by atoms with Crippen LogP contribution in [0.3, 0.4) is 0 Å². The molecular formula is C20H20N4O2. The second-order valence-corrected chi connectivity index (χ2v) is 6.19. The van der Waals surface area contributed by atoms with E-state index in [0.29, 0.717) is 23.9 Å². The number of H-pyrrole nitrogens is 1. The van der Waals surface area contributed by atoms with E-state index in [0.717, 1.165) is 29.8 Å². The zero-order valence-electron chi connectivity index (χ0n) is 14.6. The highest BCUT2D eigenvalue weighted by Crippen LogP contribution is 2.37. The van der Waals surface area contributed by atoms with Gasteiger partial charge in [0.1, 0.15) is 0 Å². The molecular weight excluding hydrogens is 328 g/mol. The van der Waals surface area contributed by atoms with E-state index in [2.05, 4.69) is 31.9 Å². The predicted octanol–water partition coefficient (Wildman–Crippen LogP) is 4.01. The van der Waals surface area contributed by atoms with Gasteiger partial charge in [0.05, 0.1) is 36.1 Å². The van der Waals surface area contributed by atoms with E-state index in [4.69, 9.17) is 4.74 Å². The maximum atomic E-state index is 12.4. The molecule has 6 nitrogen and oxygen atoms in total. The van der Waals surface area contributed by atoms with E-state index in [1.54, 1.807) is 13.1 Å². The zero-order chi connectivity index (χ0) is 17.9. The van der Waals surface area contributed by atoms with Crippen LogP contribution in [0.15, 0.2) is 55.0 Å². The van der Waals surface area contributed by atoms with Crippen LogP contribution >= 0.6 is 0 Å². The third-order valence-electron chi connectivity index (χ3n) is 4.59. The fraction of sp³-hybridized carbons (Fsp3) is 0.250. The summed E-state index contributed by atoms with van der Waals surface area (Å²) in [6, 6.07) is 10.3. The minimum Gasteiger partial charge on any atom is -0.461 e. The highest BCUT2D eigenvalue weighted by atomic mass is 16.5. The van der Waals surface area contributed by atoms with Crippen molar-refractivity contribution in [3.63, 3.8) is 0 Å². The van der Waals surface area contributed by atoms with Gasteiger partial charge in [-0.15, -0.1) is 0 Å². The zero-order valence-corrected chi connectivity index (χ0v) is 14.6. The SMILES string of the molecule is CCOC(=O)c1[nH]ncc1-c1c(-c2ccccc2)ncn1C1CC=CC1. The van der Waals surface area contributed by atoms with Crippen molar-refractivity contribution in [1.29, 1.82) is 0 Å². The molecule has 2 heterocycles. The molecule has 2 aromatic heterocycles. The maximum absolute atomic E-state index is 12.4. The molecule has 132 valence electrons. The number of carbonyl (C=O) groups excluding carboxylic acids is 1. The van der Waals surface area contributed by atoms with Crippen molar-refractivity contribution >= 4 is 5.97 Å².